The van der Waals surface area contributed by atoms with Crippen molar-refractivity contribution in [2.75, 3.05) is 52.7 Å². The summed E-state index contributed by atoms with van der Waals surface area (Å²) in [6.07, 6.45) is 2.73. The maximum atomic E-state index is 9.10. The summed E-state index contributed by atoms with van der Waals surface area (Å²) in [7, 11) is 0. The molecule has 2 rings (SSSR count). The molecular formula is C20H29NO7. The van der Waals surface area contributed by atoms with Gasteiger partial charge in [-0.3, -0.25) is 4.90 Å². The average Bonchev–Trinajstić information content (AvgIpc) is 2.67. The lowest BCUT2D eigenvalue weighted by Gasteiger charge is -2.26. The Kier molecular flexibility index (Phi) is 11.6. The molecule has 1 saturated heterocycles. The fourth-order valence-corrected chi connectivity index (χ4v) is 2.50. The van der Waals surface area contributed by atoms with E-state index in [1.807, 2.05) is 12.1 Å². The maximum absolute atomic E-state index is 9.10. The van der Waals surface area contributed by atoms with Gasteiger partial charge in [0, 0.05) is 19.6 Å². The number of aryl methyl sites for hydroxylation is 1. The van der Waals surface area contributed by atoms with Gasteiger partial charge in [0.05, 0.1) is 26.4 Å². The second-order valence-electron chi connectivity index (χ2n) is 6.13. The summed E-state index contributed by atoms with van der Waals surface area (Å²) in [6.45, 7) is 12.5. The Hall–Kier alpha value is -2.42. The lowest BCUT2D eigenvalue weighted by Crippen LogP contribution is -2.38. The molecule has 1 aromatic carbocycles. The molecule has 0 saturated carbocycles. The van der Waals surface area contributed by atoms with Crippen molar-refractivity contribution in [3.05, 3.63) is 42.0 Å². The first-order chi connectivity index (χ1) is 13.4. The highest BCUT2D eigenvalue weighted by Crippen LogP contribution is 2.20. The Labute approximate surface area is 165 Å². The number of carboxylic acid groups (broad SMARTS) is 2. The molecule has 0 radical (unpaired) electrons. The highest BCUT2D eigenvalue weighted by Gasteiger charge is 2.09. The molecule has 0 spiro atoms. The van der Waals surface area contributed by atoms with E-state index < -0.39 is 11.9 Å². The molecule has 0 atom stereocenters. The van der Waals surface area contributed by atoms with Gasteiger partial charge in [-0.25, -0.2) is 9.59 Å². The van der Waals surface area contributed by atoms with Crippen molar-refractivity contribution >= 4 is 11.9 Å². The van der Waals surface area contributed by atoms with Crippen molar-refractivity contribution in [2.45, 2.75) is 13.3 Å². The number of carbonyl (C=O) groups is 2. The van der Waals surface area contributed by atoms with Crippen molar-refractivity contribution in [3.8, 4) is 5.75 Å². The highest BCUT2D eigenvalue weighted by atomic mass is 16.5. The Morgan fingerprint density at radius 3 is 2.46 bits per heavy atom. The van der Waals surface area contributed by atoms with Crippen LogP contribution >= 0.6 is 0 Å². The van der Waals surface area contributed by atoms with Crippen molar-refractivity contribution in [2.24, 2.45) is 0 Å². The topological polar surface area (TPSA) is 106 Å². The van der Waals surface area contributed by atoms with Gasteiger partial charge in [0.25, 0.3) is 0 Å². The Bertz CT molecular complexity index is 615. The van der Waals surface area contributed by atoms with E-state index in [1.165, 1.54) is 11.1 Å². The third-order valence-corrected chi connectivity index (χ3v) is 3.90. The Morgan fingerprint density at radius 2 is 1.86 bits per heavy atom. The van der Waals surface area contributed by atoms with Gasteiger partial charge < -0.3 is 24.4 Å². The van der Waals surface area contributed by atoms with Crippen LogP contribution in [0.15, 0.2) is 30.9 Å². The van der Waals surface area contributed by atoms with Gasteiger partial charge in [-0.1, -0.05) is 23.8 Å². The fraction of sp³-hybridized carbons (Fsp3) is 0.500. The third-order valence-electron chi connectivity index (χ3n) is 3.90. The lowest BCUT2D eigenvalue weighted by atomic mass is 10.1. The zero-order valence-corrected chi connectivity index (χ0v) is 16.3. The van der Waals surface area contributed by atoms with Crippen molar-refractivity contribution in [1.82, 2.24) is 4.90 Å². The van der Waals surface area contributed by atoms with E-state index in [-0.39, 0.29) is 0 Å². The van der Waals surface area contributed by atoms with E-state index >= 15 is 0 Å². The average molecular weight is 395 g/mol. The van der Waals surface area contributed by atoms with Crippen molar-refractivity contribution in [1.29, 1.82) is 0 Å². The minimum atomic E-state index is -1.82. The molecule has 0 unspecified atom stereocenters. The molecule has 1 fully saturated rings. The van der Waals surface area contributed by atoms with Gasteiger partial charge in [0.1, 0.15) is 12.4 Å². The van der Waals surface area contributed by atoms with Crippen LogP contribution in [0.4, 0.5) is 0 Å². The van der Waals surface area contributed by atoms with E-state index in [0.29, 0.717) is 13.2 Å². The minimum Gasteiger partial charge on any atom is -0.491 e. The molecule has 1 heterocycles. The van der Waals surface area contributed by atoms with E-state index in [9.17, 15) is 0 Å². The van der Waals surface area contributed by atoms with Crippen molar-refractivity contribution < 1.29 is 34.0 Å². The number of allylic oxidation sites excluding steroid dienone is 1. The van der Waals surface area contributed by atoms with E-state index in [1.54, 1.807) is 0 Å². The maximum Gasteiger partial charge on any atom is 0.414 e. The van der Waals surface area contributed by atoms with Crippen LogP contribution in [0, 0.1) is 6.92 Å². The number of rotatable bonds is 9. The fourth-order valence-electron chi connectivity index (χ4n) is 2.50. The van der Waals surface area contributed by atoms with Gasteiger partial charge in [-0.15, -0.1) is 6.58 Å². The van der Waals surface area contributed by atoms with E-state index in [0.717, 1.165) is 51.6 Å². The number of nitrogens with zero attached hydrogens (tertiary/aromatic N) is 1. The predicted molar refractivity (Wildman–Crippen MR) is 104 cm³/mol. The Balaban J connectivity index is 0.000000568. The molecule has 1 aliphatic rings. The number of ether oxygens (including phenoxy) is 3. The quantitative estimate of drug-likeness (QED) is 0.369. The van der Waals surface area contributed by atoms with Crippen molar-refractivity contribution in [3.63, 3.8) is 0 Å². The second-order valence-corrected chi connectivity index (χ2v) is 6.13. The number of hydrogen-bond acceptors (Lipinski definition) is 6. The molecular weight excluding hydrogens is 366 g/mol. The molecule has 0 aliphatic carbocycles. The van der Waals surface area contributed by atoms with Crippen LogP contribution in [0.2, 0.25) is 0 Å². The summed E-state index contributed by atoms with van der Waals surface area (Å²) in [6, 6.07) is 6.25. The first-order valence-corrected chi connectivity index (χ1v) is 9.11. The molecule has 0 amide bonds. The normalized spacial score (nSPS) is 13.9. The molecule has 8 heteroatoms. The summed E-state index contributed by atoms with van der Waals surface area (Å²) in [5.41, 5.74) is 2.43. The van der Waals surface area contributed by atoms with Crippen LogP contribution in [0.1, 0.15) is 11.1 Å². The molecule has 1 aliphatic heterocycles. The number of carboxylic acids is 2. The van der Waals surface area contributed by atoms with E-state index in [2.05, 4.69) is 30.5 Å². The van der Waals surface area contributed by atoms with Crippen LogP contribution in [0.25, 0.3) is 0 Å². The van der Waals surface area contributed by atoms with Gasteiger partial charge in [-0.2, -0.15) is 0 Å². The van der Waals surface area contributed by atoms with Crippen LogP contribution in [0.5, 0.6) is 5.75 Å². The van der Waals surface area contributed by atoms with Crippen LogP contribution in [-0.4, -0.2) is 79.7 Å². The predicted octanol–water partition coefficient (Wildman–Crippen LogP) is 1.61. The summed E-state index contributed by atoms with van der Waals surface area (Å²) < 4.78 is 16.8. The molecule has 1 aromatic rings. The zero-order chi connectivity index (χ0) is 20.8. The van der Waals surface area contributed by atoms with E-state index in [4.69, 9.17) is 34.0 Å². The van der Waals surface area contributed by atoms with Gasteiger partial charge in [0.2, 0.25) is 0 Å². The van der Waals surface area contributed by atoms with Crippen LogP contribution in [0.3, 0.4) is 0 Å². The first kappa shape index (κ1) is 23.6. The summed E-state index contributed by atoms with van der Waals surface area (Å²) in [5, 5.41) is 14.8. The van der Waals surface area contributed by atoms with Crippen LogP contribution < -0.4 is 4.74 Å². The largest absolute Gasteiger partial charge is 0.491 e. The minimum absolute atomic E-state index is 0.580. The smallest absolute Gasteiger partial charge is 0.414 e. The van der Waals surface area contributed by atoms with Gasteiger partial charge in [-0.05, 0) is 25.0 Å². The zero-order valence-electron chi connectivity index (χ0n) is 16.3. The van der Waals surface area contributed by atoms with Gasteiger partial charge in [0.15, 0.2) is 0 Å². The molecule has 0 bridgehead atoms. The second kappa shape index (κ2) is 13.7. The number of morpholine rings is 1. The summed E-state index contributed by atoms with van der Waals surface area (Å²) >= 11 is 0. The third kappa shape index (κ3) is 10.1. The monoisotopic (exact) mass is 395 g/mol. The SMILES string of the molecule is C=CCc1cc(C)ccc1OCCOCCN1CCOCC1.O=C(O)C(=O)O. The molecule has 0 aromatic heterocycles. The number of hydrogen-bond donors (Lipinski definition) is 2. The molecule has 8 nitrogen and oxygen atoms in total. The number of aliphatic carboxylic acids is 2. The standard InChI is InChI=1S/C18H27NO3.C2H2O4/c1-3-4-17-15-16(2)5-6-18(17)22-14-13-21-12-9-19-7-10-20-11-8-19;3-1(4)2(5)6/h3,5-6,15H,1,4,7-14H2,2H3;(H,3,4)(H,5,6). The molecule has 2 N–H and O–H groups in total. The molecule has 28 heavy (non-hydrogen) atoms. The first-order valence-electron chi connectivity index (χ1n) is 9.11. The molecule has 156 valence electrons. The summed E-state index contributed by atoms with van der Waals surface area (Å²) in [4.78, 5) is 20.6. The lowest BCUT2D eigenvalue weighted by molar-refractivity contribution is -0.159. The van der Waals surface area contributed by atoms with Crippen LogP contribution in [-0.2, 0) is 25.5 Å². The van der Waals surface area contributed by atoms with Gasteiger partial charge >= 0.3 is 11.9 Å². The number of benzene rings is 1. The highest BCUT2D eigenvalue weighted by molar-refractivity contribution is 6.27. The summed E-state index contributed by atoms with van der Waals surface area (Å²) in [5.74, 6) is -2.72. The Morgan fingerprint density at radius 1 is 1.18 bits per heavy atom.